The van der Waals surface area contributed by atoms with Crippen LogP contribution in [0.5, 0.6) is 11.5 Å². The Morgan fingerprint density at radius 3 is 2.43 bits per heavy atom. The molecule has 1 heterocycles. The second-order valence-corrected chi connectivity index (χ2v) is 16.0. The van der Waals surface area contributed by atoms with Gasteiger partial charge in [-0.05, 0) is 99.8 Å². The molecule has 12 heteroatoms. The van der Waals surface area contributed by atoms with Gasteiger partial charge in [0.05, 0.1) is 24.1 Å². The molecule has 10 nitrogen and oxygen atoms in total. The van der Waals surface area contributed by atoms with Gasteiger partial charge in [-0.3, -0.25) is 4.90 Å². The molecule has 0 aromatic heterocycles. The van der Waals surface area contributed by atoms with E-state index in [9.17, 15) is 19.4 Å². The zero-order valence-electron chi connectivity index (χ0n) is 33.0. The third kappa shape index (κ3) is 10.1. The summed E-state index contributed by atoms with van der Waals surface area (Å²) >= 11 is 6.03. The largest absolute Gasteiger partial charge is 0.490 e. The highest BCUT2D eigenvalue weighted by molar-refractivity contribution is 6.18. The lowest BCUT2D eigenvalue weighted by Crippen LogP contribution is -2.70. The molecule has 0 spiro atoms. The molecular weight excluding hydrogens is 739 g/mol. The number of alkyl halides is 1. The number of allylic oxidation sites excluding steroid dienone is 1. The molecule has 2 N–H and O–H groups in total. The fourth-order valence-electron chi connectivity index (χ4n) is 8.38. The molecule has 0 bridgehead atoms. The van der Waals surface area contributed by atoms with Crippen molar-refractivity contribution in [3.8, 4) is 11.5 Å². The summed E-state index contributed by atoms with van der Waals surface area (Å²) in [5.41, 5.74) is 2.54. The summed E-state index contributed by atoms with van der Waals surface area (Å²) in [6.07, 6.45) is 9.70. The first-order chi connectivity index (χ1) is 27.0. The number of unbranched alkanes of at least 4 members (excludes halogenated alkanes) is 2. The Morgan fingerprint density at radius 2 is 1.77 bits per heavy atom. The Morgan fingerprint density at radius 1 is 1.05 bits per heavy atom. The lowest BCUT2D eigenvalue weighted by molar-refractivity contribution is -0.256. The summed E-state index contributed by atoms with van der Waals surface area (Å²) in [6, 6.07) is 10.9. The molecule has 2 aromatic rings. The number of ether oxygens (including phenoxy) is 4. The van der Waals surface area contributed by atoms with Crippen molar-refractivity contribution in [2.75, 3.05) is 38.9 Å². The molecule has 0 radical (unpaired) electrons. The van der Waals surface area contributed by atoms with Gasteiger partial charge in [0.2, 0.25) is 5.79 Å². The maximum Gasteiger partial charge on any atom is 0.410 e. The predicted molar refractivity (Wildman–Crippen MR) is 215 cm³/mol. The normalized spacial score (nSPS) is 24.6. The van der Waals surface area contributed by atoms with Gasteiger partial charge in [0, 0.05) is 37.7 Å². The van der Waals surface area contributed by atoms with Crippen molar-refractivity contribution in [3.05, 3.63) is 96.4 Å². The number of halogens is 2. The van der Waals surface area contributed by atoms with Crippen LogP contribution in [-0.4, -0.2) is 83.3 Å². The van der Waals surface area contributed by atoms with Crippen LogP contribution in [0.4, 0.5) is 9.18 Å². The van der Waals surface area contributed by atoms with Crippen LogP contribution in [0.15, 0.2) is 84.6 Å². The summed E-state index contributed by atoms with van der Waals surface area (Å²) in [5, 5.41) is 24.5. The number of fused-ring (bicyclic) bond motifs is 2. The van der Waals surface area contributed by atoms with Gasteiger partial charge in [0.1, 0.15) is 42.2 Å². The maximum atomic E-state index is 14.3. The van der Waals surface area contributed by atoms with Crippen LogP contribution in [0, 0.1) is 23.6 Å². The fraction of sp³-hybridized carbons (Fsp3) is 0.545. The lowest BCUT2D eigenvalue weighted by Gasteiger charge is -2.60. The number of carbonyl (C=O) groups is 1. The molecule has 0 saturated heterocycles. The third-order valence-corrected chi connectivity index (χ3v) is 10.8. The molecule has 1 aliphatic heterocycles. The molecule has 5 rings (SSSR count). The first-order valence-corrected chi connectivity index (χ1v) is 20.3. The SMILES string of the molecule is C=CCOc1ccc2c(c1)C1C(CCCCO)C(CCCCO)C=C3C(=NOC(C)(C)C)CC(N(Cc4ccc(F)cc4)C(=O)OCCCl)C(OCC=C)(O2)C31. The molecule has 2 aromatic carbocycles. The monoisotopic (exact) mass is 796 g/mol. The van der Waals surface area contributed by atoms with Crippen molar-refractivity contribution < 1.29 is 43.2 Å². The predicted octanol–water partition coefficient (Wildman–Crippen LogP) is 8.70. The van der Waals surface area contributed by atoms with Crippen LogP contribution < -0.4 is 9.47 Å². The minimum absolute atomic E-state index is 0.0293. The van der Waals surface area contributed by atoms with E-state index in [0.29, 0.717) is 42.2 Å². The van der Waals surface area contributed by atoms with E-state index < -0.39 is 35.3 Å². The average molecular weight is 797 g/mol. The summed E-state index contributed by atoms with van der Waals surface area (Å²) in [7, 11) is 0. The van der Waals surface area contributed by atoms with E-state index in [1.807, 2.05) is 39.0 Å². The number of hydrogen-bond acceptors (Lipinski definition) is 9. The van der Waals surface area contributed by atoms with Gasteiger partial charge in [-0.1, -0.05) is 54.9 Å². The van der Waals surface area contributed by atoms with Gasteiger partial charge in [0.15, 0.2) is 0 Å². The summed E-state index contributed by atoms with van der Waals surface area (Å²) < 4.78 is 40.2. The van der Waals surface area contributed by atoms with Crippen molar-refractivity contribution in [2.45, 2.75) is 95.6 Å². The van der Waals surface area contributed by atoms with Crippen molar-refractivity contribution in [3.63, 3.8) is 0 Å². The van der Waals surface area contributed by atoms with E-state index >= 15 is 0 Å². The molecule has 56 heavy (non-hydrogen) atoms. The molecule has 2 aliphatic carbocycles. The van der Waals surface area contributed by atoms with Crippen LogP contribution in [0.1, 0.15) is 82.8 Å². The molecule has 6 atom stereocenters. The van der Waals surface area contributed by atoms with Gasteiger partial charge in [-0.2, -0.15) is 0 Å². The quantitative estimate of drug-likeness (QED) is 0.0592. The highest BCUT2D eigenvalue weighted by Gasteiger charge is 2.65. The van der Waals surface area contributed by atoms with Gasteiger partial charge >= 0.3 is 6.09 Å². The molecule has 1 amide bonds. The number of benzene rings is 2. The third-order valence-electron chi connectivity index (χ3n) is 10.6. The van der Waals surface area contributed by atoms with Crippen molar-refractivity contribution in [2.24, 2.45) is 22.9 Å². The molecule has 1 fully saturated rings. The van der Waals surface area contributed by atoms with Crippen molar-refractivity contribution in [1.82, 2.24) is 4.90 Å². The Bertz CT molecular complexity index is 1690. The standard InChI is InChI=1S/C44H58ClFN2O8/c1-6-23-52-33-18-19-38-36(27-33)40-34(13-9-11-22-50)31(12-8-10-21-49)26-35-37(47-56-43(3,4)5)28-39(44(55-38,41(35)40)54-24-7-2)48(42(51)53-25-20-45)29-30-14-16-32(46)17-15-30/h6-7,14-19,26-27,31,34,39-41,49-50H,1-2,8-13,20-25,28-29H2,3-5H3. The maximum absolute atomic E-state index is 14.3. The highest BCUT2D eigenvalue weighted by atomic mass is 35.5. The molecule has 3 aliphatic rings. The number of aliphatic hydroxyl groups is 2. The van der Waals surface area contributed by atoms with Crippen molar-refractivity contribution in [1.29, 1.82) is 0 Å². The number of carbonyl (C=O) groups excluding carboxylic acids is 1. The Kier molecular flexibility index (Phi) is 15.4. The van der Waals surface area contributed by atoms with Gasteiger partial charge in [-0.15, -0.1) is 18.2 Å². The van der Waals surface area contributed by atoms with Crippen molar-refractivity contribution >= 4 is 23.4 Å². The number of nitrogens with zero attached hydrogens (tertiary/aromatic N) is 2. The second-order valence-electron chi connectivity index (χ2n) is 15.6. The average Bonchev–Trinajstić information content (AvgIpc) is 3.18. The number of oxime groups is 1. The first-order valence-electron chi connectivity index (χ1n) is 19.7. The number of amides is 1. The highest BCUT2D eigenvalue weighted by Crippen LogP contribution is 2.62. The van der Waals surface area contributed by atoms with E-state index in [1.165, 1.54) is 12.1 Å². The lowest BCUT2D eigenvalue weighted by atomic mass is 9.55. The van der Waals surface area contributed by atoms with Crippen LogP contribution in [0.3, 0.4) is 0 Å². The number of hydrogen-bond donors (Lipinski definition) is 2. The first kappa shape index (κ1) is 43.2. The topological polar surface area (TPSA) is 119 Å². The molecular formula is C44H58ClFN2O8. The molecule has 6 unspecified atom stereocenters. The fourth-order valence-corrected chi connectivity index (χ4v) is 8.46. The summed E-state index contributed by atoms with van der Waals surface area (Å²) in [6.45, 7) is 14.2. The van der Waals surface area contributed by atoms with Crippen LogP contribution in [0.25, 0.3) is 0 Å². The van der Waals surface area contributed by atoms with Crippen LogP contribution >= 0.6 is 11.6 Å². The Balaban J connectivity index is 1.81. The van der Waals surface area contributed by atoms with E-state index in [0.717, 1.165) is 36.8 Å². The van der Waals surface area contributed by atoms with E-state index in [1.54, 1.807) is 29.2 Å². The molecule has 1 saturated carbocycles. The minimum atomic E-state index is -1.49. The van der Waals surface area contributed by atoms with E-state index in [-0.39, 0.29) is 63.0 Å². The summed E-state index contributed by atoms with van der Waals surface area (Å²) in [4.78, 5) is 22.1. The Hall–Kier alpha value is -3.90. The van der Waals surface area contributed by atoms with Gasteiger partial charge in [0.25, 0.3) is 0 Å². The summed E-state index contributed by atoms with van der Waals surface area (Å²) in [5.74, 6) is -1.19. The van der Waals surface area contributed by atoms with Gasteiger partial charge in [-0.25, -0.2) is 9.18 Å². The second kappa shape index (κ2) is 20.0. The zero-order chi connectivity index (χ0) is 40.3. The number of rotatable bonds is 20. The number of aliphatic hydroxyl groups excluding tert-OH is 2. The van der Waals surface area contributed by atoms with Crippen LogP contribution in [-0.2, 0) is 20.9 Å². The van der Waals surface area contributed by atoms with E-state index in [2.05, 4.69) is 19.2 Å². The van der Waals surface area contributed by atoms with Crippen LogP contribution in [0.2, 0.25) is 0 Å². The smallest absolute Gasteiger partial charge is 0.410 e. The minimum Gasteiger partial charge on any atom is -0.490 e. The van der Waals surface area contributed by atoms with E-state index in [4.69, 9.17) is 40.5 Å². The van der Waals surface area contributed by atoms with Gasteiger partial charge < -0.3 is 34.0 Å². The molecule has 306 valence electrons. The Labute approximate surface area is 335 Å². The zero-order valence-corrected chi connectivity index (χ0v) is 33.7.